The largest absolute Gasteiger partial charge is 0.292 e. The third-order valence-corrected chi connectivity index (χ3v) is 9.38. The van der Waals surface area contributed by atoms with Crippen LogP contribution in [0.5, 0.6) is 0 Å². The first-order valence-electron chi connectivity index (χ1n) is 14.6. The van der Waals surface area contributed by atoms with Gasteiger partial charge in [-0.05, 0) is 72.6 Å². The predicted molar refractivity (Wildman–Crippen MR) is 181 cm³/mol. The second kappa shape index (κ2) is 9.58. The average Bonchev–Trinajstić information content (AvgIpc) is 3.59. The molecule has 0 atom stereocenters. The van der Waals surface area contributed by atoms with Gasteiger partial charge in [-0.1, -0.05) is 75.4 Å². The lowest BCUT2D eigenvalue weighted by Crippen LogP contribution is -2.12. The zero-order valence-corrected chi connectivity index (χ0v) is 25.4. The highest BCUT2D eigenvalue weighted by atomic mass is 32.1. The fourth-order valence-corrected chi connectivity index (χ4v) is 7.20. The Morgan fingerprint density at radius 3 is 2.14 bits per heavy atom. The smallest absolute Gasteiger partial charge is 0.147 e. The number of fused-ring (bicyclic) bond motifs is 6. The van der Waals surface area contributed by atoms with Gasteiger partial charge < -0.3 is 0 Å². The van der Waals surface area contributed by atoms with Gasteiger partial charge in [0.15, 0.2) is 0 Å². The number of pyridine rings is 2. The summed E-state index contributed by atoms with van der Waals surface area (Å²) in [5.41, 5.74) is 9.64. The Morgan fingerprint density at radius 1 is 0.605 bits per heavy atom. The molecule has 0 spiro atoms. The van der Waals surface area contributed by atoms with Crippen LogP contribution < -0.4 is 0 Å². The Labute approximate surface area is 254 Å². The summed E-state index contributed by atoms with van der Waals surface area (Å²) < 4.78 is 3.52. The van der Waals surface area contributed by atoms with Crippen LogP contribution in [-0.4, -0.2) is 19.5 Å². The molecule has 0 fully saturated rings. The van der Waals surface area contributed by atoms with Crippen molar-refractivity contribution >= 4 is 53.6 Å². The molecule has 43 heavy (non-hydrogen) atoms. The van der Waals surface area contributed by atoms with Gasteiger partial charge in [0, 0.05) is 48.9 Å². The first-order valence-corrected chi connectivity index (χ1v) is 15.4. The van der Waals surface area contributed by atoms with E-state index in [-0.39, 0.29) is 5.41 Å². The zero-order chi connectivity index (χ0) is 29.3. The van der Waals surface area contributed by atoms with E-state index in [1.165, 1.54) is 26.6 Å². The summed E-state index contributed by atoms with van der Waals surface area (Å²) in [7, 11) is 0. The Hall–Kier alpha value is -4.87. The Balaban J connectivity index is 1.41. The van der Waals surface area contributed by atoms with Gasteiger partial charge in [0.25, 0.3) is 0 Å². The SMILES string of the molecule is Cc1ccc2c(ccc3nc(-c4cccc5c4sc4nc(C(C)(C)C)ccc45)n(-c4ccc(-c5ccccc5)cc4)c32)n1. The molecule has 0 amide bonds. The van der Waals surface area contributed by atoms with Gasteiger partial charge in [0.1, 0.15) is 10.7 Å². The molecule has 0 N–H and O–H groups in total. The molecular formula is C38H30N4S. The molecule has 208 valence electrons. The normalized spacial score (nSPS) is 12.2. The number of hydrogen-bond acceptors (Lipinski definition) is 4. The van der Waals surface area contributed by atoms with E-state index in [0.717, 1.165) is 55.2 Å². The summed E-state index contributed by atoms with van der Waals surface area (Å²) in [6, 6.07) is 38.7. The van der Waals surface area contributed by atoms with Crippen molar-refractivity contribution in [2.24, 2.45) is 0 Å². The number of nitrogens with zero attached hydrogens (tertiary/aromatic N) is 4. The van der Waals surface area contributed by atoms with Crippen LogP contribution in [0.4, 0.5) is 0 Å². The molecule has 8 aromatic rings. The Kier molecular flexibility index (Phi) is 5.75. The highest BCUT2D eigenvalue weighted by molar-refractivity contribution is 7.26. The third-order valence-electron chi connectivity index (χ3n) is 8.23. The van der Waals surface area contributed by atoms with Crippen molar-refractivity contribution in [3.8, 4) is 28.2 Å². The van der Waals surface area contributed by atoms with Gasteiger partial charge in [-0.25, -0.2) is 9.97 Å². The summed E-state index contributed by atoms with van der Waals surface area (Å²) in [5, 5.41) is 3.49. The molecule has 0 unspecified atom stereocenters. The molecule has 0 saturated heterocycles. The molecule has 0 bridgehead atoms. The maximum absolute atomic E-state index is 5.31. The molecule has 0 aliphatic rings. The van der Waals surface area contributed by atoms with E-state index >= 15 is 0 Å². The average molecular weight is 575 g/mol. The number of aromatic nitrogens is 4. The number of benzene rings is 4. The van der Waals surface area contributed by atoms with Gasteiger partial charge in [0.05, 0.1) is 16.6 Å². The van der Waals surface area contributed by atoms with Crippen LogP contribution >= 0.6 is 11.3 Å². The highest BCUT2D eigenvalue weighted by Gasteiger charge is 2.22. The lowest BCUT2D eigenvalue weighted by molar-refractivity contribution is 0.572. The van der Waals surface area contributed by atoms with Gasteiger partial charge in [-0.2, -0.15) is 0 Å². The zero-order valence-electron chi connectivity index (χ0n) is 24.6. The van der Waals surface area contributed by atoms with Crippen LogP contribution in [0, 0.1) is 6.92 Å². The standard InChI is InChI=1S/C38H30N4S/c1-23-13-18-29-31(39-23)20-21-32-34(29)42(26-16-14-25(15-17-26)24-9-6-5-7-10-24)36(40-32)30-12-8-11-27-28-19-22-33(38(2,3)4)41-37(28)43-35(27)30/h5-22H,1-4H3. The number of thiophene rings is 1. The van der Waals surface area contributed by atoms with Crippen LogP contribution in [-0.2, 0) is 5.41 Å². The molecule has 4 aromatic carbocycles. The van der Waals surface area contributed by atoms with Crippen molar-refractivity contribution in [1.29, 1.82) is 0 Å². The summed E-state index contributed by atoms with van der Waals surface area (Å²) in [6.45, 7) is 8.68. The highest BCUT2D eigenvalue weighted by Crippen LogP contribution is 2.42. The van der Waals surface area contributed by atoms with E-state index in [2.05, 4.69) is 135 Å². The molecule has 0 radical (unpaired) electrons. The fourth-order valence-electron chi connectivity index (χ4n) is 6.01. The minimum absolute atomic E-state index is 0.0134. The first kappa shape index (κ1) is 25.8. The Morgan fingerprint density at radius 2 is 1.35 bits per heavy atom. The van der Waals surface area contributed by atoms with Gasteiger partial charge in [0.2, 0.25) is 0 Å². The summed E-state index contributed by atoms with van der Waals surface area (Å²) in [6.07, 6.45) is 0. The molecule has 0 aliphatic carbocycles. The fraction of sp³-hybridized carbons (Fsp3) is 0.132. The van der Waals surface area contributed by atoms with E-state index in [0.29, 0.717) is 0 Å². The number of aryl methyl sites for hydroxylation is 1. The molecule has 4 aromatic heterocycles. The number of rotatable bonds is 3. The van der Waals surface area contributed by atoms with Crippen molar-refractivity contribution in [1.82, 2.24) is 19.5 Å². The number of hydrogen-bond donors (Lipinski definition) is 0. The molecular weight excluding hydrogens is 545 g/mol. The van der Waals surface area contributed by atoms with Crippen LogP contribution in [0.3, 0.4) is 0 Å². The van der Waals surface area contributed by atoms with E-state index in [9.17, 15) is 0 Å². The van der Waals surface area contributed by atoms with Gasteiger partial charge >= 0.3 is 0 Å². The topological polar surface area (TPSA) is 43.6 Å². The minimum atomic E-state index is -0.0134. The lowest BCUT2D eigenvalue weighted by Gasteiger charge is -2.17. The summed E-state index contributed by atoms with van der Waals surface area (Å²) in [5.74, 6) is 0.920. The monoisotopic (exact) mass is 574 g/mol. The van der Waals surface area contributed by atoms with Crippen LogP contribution in [0.15, 0.2) is 109 Å². The Bertz CT molecular complexity index is 2320. The first-order chi connectivity index (χ1) is 20.8. The second-order valence-corrected chi connectivity index (χ2v) is 13.2. The van der Waals surface area contributed by atoms with Crippen molar-refractivity contribution in [2.45, 2.75) is 33.1 Å². The maximum atomic E-state index is 5.31. The molecule has 0 aliphatic heterocycles. The van der Waals surface area contributed by atoms with E-state index in [1.807, 2.05) is 6.92 Å². The molecule has 0 saturated carbocycles. The minimum Gasteiger partial charge on any atom is -0.292 e. The van der Waals surface area contributed by atoms with E-state index in [1.54, 1.807) is 11.3 Å². The predicted octanol–water partition coefficient (Wildman–Crippen LogP) is 10.3. The van der Waals surface area contributed by atoms with Crippen LogP contribution in [0.2, 0.25) is 0 Å². The van der Waals surface area contributed by atoms with Crippen LogP contribution in [0.1, 0.15) is 32.2 Å². The lowest BCUT2D eigenvalue weighted by atomic mass is 9.91. The van der Waals surface area contributed by atoms with Gasteiger partial charge in [-0.3, -0.25) is 9.55 Å². The summed E-state index contributed by atoms with van der Waals surface area (Å²) >= 11 is 1.76. The second-order valence-electron chi connectivity index (χ2n) is 12.2. The molecule has 8 rings (SSSR count). The molecule has 4 heterocycles. The van der Waals surface area contributed by atoms with Crippen molar-refractivity contribution in [2.75, 3.05) is 0 Å². The maximum Gasteiger partial charge on any atom is 0.147 e. The molecule has 4 nitrogen and oxygen atoms in total. The summed E-state index contributed by atoms with van der Waals surface area (Å²) in [4.78, 5) is 16.3. The van der Waals surface area contributed by atoms with Crippen LogP contribution in [0.25, 0.3) is 70.4 Å². The van der Waals surface area contributed by atoms with E-state index in [4.69, 9.17) is 15.0 Å². The van der Waals surface area contributed by atoms with E-state index < -0.39 is 0 Å². The van der Waals surface area contributed by atoms with Crippen molar-refractivity contribution in [3.05, 3.63) is 121 Å². The van der Waals surface area contributed by atoms with Gasteiger partial charge in [-0.15, -0.1) is 11.3 Å². The van der Waals surface area contributed by atoms with Crippen molar-refractivity contribution < 1.29 is 0 Å². The van der Waals surface area contributed by atoms with Crippen molar-refractivity contribution in [3.63, 3.8) is 0 Å². The quantitative estimate of drug-likeness (QED) is 0.211. The molecule has 5 heteroatoms. The third kappa shape index (κ3) is 4.23. The number of imidazole rings is 1.